The predicted octanol–water partition coefficient (Wildman–Crippen LogP) is 4.20. The molecule has 0 spiro atoms. The summed E-state index contributed by atoms with van der Waals surface area (Å²) >= 11 is 0.539. The standard InChI is InChI=1S/C14H15F2N3S/c1-3-17-14-18-8-9(2)12(19-14)10-4-6-11(7-5-10)20-13(15)16/h4-8,13H,3H2,1-2H3,(H,17,18,19). The first-order valence-corrected chi connectivity index (χ1v) is 7.11. The maximum absolute atomic E-state index is 12.3. The fourth-order valence-corrected chi connectivity index (χ4v) is 2.27. The van der Waals surface area contributed by atoms with E-state index in [0.717, 1.165) is 23.4 Å². The minimum Gasteiger partial charge on any atom is -0.354 e. The van der Waals surface area contributed by atoms with Gasteiger partial charge in [0.1, 0.15) is 0 Å². The molecule has 0 saturated carbocycles. The van der Waals surface area contributed by atoms with Crippen LogP contribution in [0.25, 0.3) is 11.3 Å². The van der Waals surface area contributed by atoms with Crippen molar-refractivity contribution in [3.63, 3.8) is 0 Å². The highest BCUT2D eigenvalue weighted by atomic mass is 32.2. The Morgan fingerprint density at radius 1 is 1.25 bits per heavy atom. The second-order valence-corrected chi connectivity index (χ2v) is 5.22. The van der Waals surface area contributed by atoms with Crippen molar-refractivity contribution in [2.45, 2.75) is 24.5 Å². The van der Waals surface area contributed by atoms with Gasteiger partial charge in [-0.1, -0.05) is 23.9 Å². The molecule has 1 heterocycles. The zero-order valence-electron chi connectivity index (χ0n) is 11.2. The highest BCUT2D eigenvalue weighted by Gasteiger charge is 2.08. The van der Waals surface area contributed by atoms with E-state index >= 15 is 0 Å². The van der Waals surface area contributed by atoms with Crippen LogP contribution in [0.5, 0.6) is 0 Å². The Hall–Kier alpha value is -1.69. The van der Waals surface area contributed by atoms with Crippen LogP contribution in [0, 0.1) is 6.92 Å². The van der Waals surface area contributed by atoms with Crippen LogP contribution in [0.4, 0.5) is 14.7 Å². The molecule has 1 aromatic carbocycles. The third kappa shape index (κ3) is 3.66. The Kier molecular flexibility index (Phi) is 4.89. The number of benzene rings is 1. The maximum Gasteiger partial charge on any atom is 0.288 e. The van der Waals surface area contributed by atoms with E-state index in [9.17, 15) is 8.78 Å². The summed E-state index contributed by atoms with van der Waals surface area (Å²) in [6, 6.07) is 6.97. The normalized spacial score (nSPS) is 10.8. The monoisotopic (exact) mass is 295 g/mol. The van der Waals surface area contributed by atoms with E-state index in [0.29, 0.717) is 22.6 Å². The summed E-state index contributed by atoms with van der Waals surface area (Å²) in [5, 5.41) is 3.06. The summed E-state index contributed by atoms with van der Waals surface area (Å²) in [6.07, 6.45) is 1.75. The molecule has 6 heteroatoms. The minimum atomic E-state index is -2.40. The molecule has 0 aliphatic carbocycles. The van der Waals surface area contributed by atoms with Gasteiger partial charge in [0.05, 0.1) is 5.69 Å². The van der Waals surface area contributed by atoms with Gasteiger partial charge in [0.15, 0.2) is 0 Å². The molecule has 0 atom stereocenters. The molecule has 0 bridgehead atoms. The molecule has 20 heavy (non-hydrogen) atoms. The van der Waals surface area contributed by atoms with Crippen molar-refractivity contribution in [1.29, 1.82) is 0 Å². The van der Waals surface area contributed by atoms with Crippen LogP contribution in [0.2, 0.25) is 0 Å². The lowest BCUT2D eigenvalue weighted by Gasteiger charge is -2.08. The number of aryl methyl sites for hydroxylation is 1. The maximum atomic E-state index is 12.3. The van der Waals surface area contributed by atoms with Gasteiger partial charge in [-0.2, -0.15) is 8.78 Å². The van der Waals surface area contributed by atoms with Gasteiger partial charge in [-0.25, -0.2) is 9.97 Å². The SMILES string of the molecule is CCNc1ncc(C)c(-c2ccc(SC(F)F)cc2)n1. The molecule has 3 nitrogen and oxygen atoms in total. The van der Waals surface area contributed by atoms with Crippen molar-refractivity contribution in [3.8, 4) is 11.3 Å². The Morgan fingerprint density at radius 3 is 2.55 bits per heavy atom. The molecule has 0 aliphatic rings. The number of nitrogens with one attached hydrogen (secondary N) is 1. The van der Waals surface area contributed by atoms with E-state index in [2.05, 4.69) is 15.3 Å². The number of halogens is 2. The van der Waals surface area contributed by atoms with Crippen LogP contribution in [-0.4, -0.2) is 22.3 Å². The first-order valence-electron chi connectivity index (χ1n) is 6.23. The number of thioether (sulfide) groups is 1. The molecule has 0 unspecified atom stereocenters. The van der Waals surface area contributed by atoms with Crippen molar-refractivity contribution < 1.29 is 8.78 Å². The van der Waals surface area contributed by atoms with E-state index in [4.69, 9.17) is 0 Å². The number of hydrogen-bond acceptors (Lipinski definition) is 4. The summed E-state index contributed by atoms with van der Waals surface area (Å²) in [5.41, 5.74) is 2.65. The minimum absolute atomic E-state index is 0.539. The van der Waals surface area contributed by atoms with Crippen LogP contribution in [0.1, 0.15) is 12.5 Å². The zero-order chi connectivity index (χ0) is 14.5. The molecule has 0 amide bonds. The van der Waals surface area contributed by atoms with Crippen LogP contribution >= 0.6 is 11.8 Å². The van der Waals surface area contributed by atoms with Gasteiger partial charge in [-0.05, 0) is 31.5 Å². The summed E-state index contributed by atoms with van der Waals surface area (Å²) in [4.78, 5) is 9.18. The Balaban J connectivity index is 2.28. The molecular formula is C14H15F2N3S. The van der Waals surface area contributed by atoms with Gasteiger partial charge >= 0.3 is 0 Å². The zero-order valence-corrected chi connectivity index (χ0v) is 12.0. The third-order valence-corrected chi connectivity index (χ3v) is 3.38. The summed E-state index contributed by atoms with van der Waals surface area (Å²) in [7, 11) is 0. The van der Waals surface area contributed by atoms with Gasteiger partial charge in [0.2, 0.25) is 5.95 Å². The lowest BCUT2D eigenvalue weighted by atomic mass is 10.1. The van der Waals surface area contributed by atoms with Crippen LogP contribution in [0.15, 0.2) is 35.4 Å². The molecule has 1 aromatic heterocycles. The summed E-state index contributed by atoms with van der Waals surface area (Å²) in [6.45, 7) is 4.64. The number of alkyl halides is 2. The highest BCUT2D eigenvalue weighted by Crippen LogP contribution is 2.28. The second kappa shape index (κ2) is 6.65. The number of nitrogens with zero attached hydrogens (tertiary/aromatic N) is 2. The smallest absolute Gasteiger partial charge is 0.288 e. The fraction of sp³-hybridized carbons (Fsp3) is 0.286. The van der Waals surface area contributed by atoms with Crippen LogP contribution in [-0.2, 0) is 0 Å². The largest absolute Gasteiger partial charge is 0.354 e. The van der Waals surface area contributed by atoms with E-state index in [-0.39, 0.29) is 0 Å². The molecule has 0 fully saturated rings. The first-order chi connectivity index (χ1) is 9.60. The molecule has 1 N–H and O–H groups in total. The van der Waals surface area contributed by atoms with Crippen molar-refractivity contribution in [3.05, 3.63) is 36.0 Å². The van der Waals surface area contributed by atoms with Gasteiger partial charge in [-0.15, -0.1) is 0 Å². The first kappa shape index (κ1) is 14.7. The molecule has 2 aromatic rings. The van der Waals surface area contributed by atoms with E-state index in [1.807, 2.05) is 13.8 Å². The Labute approximate surface area is 120 Å². The van der Waals surface area contributed by atoms with E-state index in [1.165, 1.54) is 0 Å². The van der Waals surface area contributed by atoms with Crippen molar-refractivity contribution in [1.82, 2.24) is 9.97 Å². The lowest BCUT2D eigenvalue weighted by molar-refractivity contribution is 0.252. The molecule has 0 saturated heterocycles. The second-order valence-electron chi connectivity index (χ2n) is 4.16. The van der Waals surface area contributed by atoms with Gasteiger partial charge in [0.25, 0.3) is 5.76 Å². The predicted molar refractivity (Wildman–Crippen MR) is 78.2 cm³/mol. The number of anilines is 1. The van der Waals surface area contributed by atoms with E-state index < -0.39 is 5.76 Å². The number of rotatable bonds is 5. The van der Waals surface area contributed by atoms with Gasteiger partial charge < -0.3 is 5.32 Å². The Morgan fingerprint density at radius 2 is 1.95 bits per heavy atom. The average Bonchev–Trinajstić information content (AvgIpc) is 2.42. The molecular weight excluding hydrogens is 280 g/mol. The summed E-state index contributed by atoms with van der Waals surface area (Å²) in [5.74, 6) is -1.83. The quantitative estimate of drug-likeness (QED) is 0.839. The summed E-state index contributed by atoms with van der Waals surface area (Å²) < 4.78 is 24.6. The molecule has 2 rings (SSSR count). The number of aromatic nitrogens is 2. The lowest BCUT2D eigenvalue weighted by Crippen LogP contribution is -2.03. The molecule has 0 radical (unpaired) electrons. The molecule has 0 aliphatic heterocycles. The Bertz CT molecular complexity index is 573. The van der Waals surface area contributed by atoms with Crippen LogP contribution < -0.4 is 5.32 Å². The van der Waals surface area contributed by atoms with Crippen molar-refractivity contribution in [2.24, 2.45) is 0 Å². The topological polar surface area (TPSA) is 37.8 Å². The van der Waals surface area contributed by atoms with Crippen LogP contribution in [0.3, 0.4) is 0 Å². The highest BCUT2D eigenvalue weighted by molar-refractivity contribution is 7.99. The van der Waals surface area contributed by atoms with Gasteiger partial charge in [-0.3, -0.25) is 0 Å². The number of hydrogen-bond donors (Lipinski definition) is 1. The third-order valence-electron chi connectivity index (χ3n) is 2.66. The average molecular weight is 295 g/mol. The van der Waals surface area contributed by atoms with Crippen molar-refractivity contribution >= 4 is 17.7 Å². The van der Waals surface area contributed by atoms with E-state index in [1.54, 1.807) is 30.5 Å². The van der Waals surface area contributed by atoms with Gasteiger partial charge in [0, 0.05) is 23.2 Å². The fourth-order valence-electron chi connectivity index (χ4n) is 1.77. The molecule has 106 valence electrons. The van der Waals surface area contributed by atoms with Crippen molar-refractivity contribution in [2.75, 3.05) is 11.9 Å².